The van der Waals surface area contributed by atoms with Crippen LogP contribution in [0, 0.1) is 10.1 Å². The van der Waals surface area contributed by atoms with E-state index in [4.69, 9.17) is 9.47 Å². The molecule has 0 radical (unpaired) electrons. The van der Waals surface area contributed by atoms with Crippen molar-refractivity contribution in [3.05, 3.63) is 68.5 Å². The minimum atomic E-state index is -0.827. The highest BCUT2D eigenvalue weighted by atomic mass is 32.1. The first-order valence-corrected chi connectivity index (χ1v) is 10.5. The third-order valence-corrected chi connectivity index (χ3v) is 5.36. The van der Waals surface area contributed by atoms with Gasteiger partial charge in [0.05, 0.1) is 33.9 Å². The molecule has 0 fully saturated rings. The minimum Gasteiger partial charge on any atom is -0.465 e. The number of fused-ring (bicyclic) bond motifs is 1. The number of amides is 1. The van der Waals surface area contributed by atoms with E-state index < -0.39 is 22.8 Å². The van der Waals surface area contributed by atoms with Gasteiger partial charge in [0.25, 0.3) is 11.6 Å². The molecule has 0 saturated heterocycles. The van der Waals surface area contributed by atoms with Crippen LogP contribution < -0.4 is 4.80 Å². The van der Waals surface area contributed by atoms with Crippen molar-refractivity contribution in [3.8, 4) is 0 Å². The lowest BCUT2D eigenvalue weighted by Crippen LogP contribution is -2.23. The van der Waals surface area contributed by atoms with E-state index in [1.165, 1.54) is 28.8 Å². The second-order valence-electron chi connectivity index (χ2n) is 6.37. The number of esters is 2. The Morgan fingerprint density at radius 3 is 2.50 bits per heavy atom. The molecule has 0 aliphatic rings. The van der Waals surface area contributed by atoms with E-state index >= 15 is 0 Å². The molecule has 0 aliphatic heterocycles. The van der Waals surface area contributed by atoms with Crippen molar-refractivity contribution in [2.75, 3.05) is 13.2 Å². The number of aromatic nitrogens is 1. The number of hydrogen-bond acceptors (Lipinski definition) is 8. The summed E-state index contributed by atoms with van der Waals surface area (Å²) in [5.74, 6) is -1.87. The highest BCUT2D eigenvalue weighted by Crippen LogP contribution is 2.22. The molecule has 0 aliphatic carbocycles. The fraction of sp³-hybridized carbons (Fsp3) is 0.238. The van der Waals surface area contributed by atoms with Gasteiger partial charge in [-0.2, -0.15) is 4.99 Å². The zero-order chi connectivity index (χ0) is 23.3. The van der Waals surface area contributed by atoms with E-state index in [1.807, 2.05) is 0 Å². The van der Waals surface area contributed by atoms with Crippen molar-refractivity contribution in [1.29, 1.82) is 0 Å². The molecule has 0 unspecified atom stereocenters. The number of rotatable bonds is 7. The molecular weight excluding hydrogens is 438 g/mol. The fourth-order valence-corrected chi connectivity index (χ4v) is 4.02. The van der Waals surface area contributed by atoms with E-state index in [2.05, 4.69) is 4.99 Å². The highest BCUT2D eigenvalue weighted by molar-refractivity contribution is 7.16. The number of thiazole rings is 1. The van der Waals surface area contributed by atoms with Gasteiger partial charge in [-0.15, -0.1) is 0 Å². The van der Waals surface area contributed by atoms with Gasteiger partial charge in [0.1, 0.15) is 12.1 Å². The molecule has 10 nitrogen and oxygen atoms in total. The molecule has 32 heavy (non-hydrogen) atoms. The number of nitro benzene ring substituents is 1. The summed E-state index contributed by atoms with van der Waals surface area (Å²) in [5, 5.41) is 11.3. The average molecular weight is 457 g/mol. The van der Waals surface area contributed by atoms with Gasteiger partial charge in [-0.3, -0.25) is 19.7 Å². The van der Waals surface area contributed by atoms with Gasteiger partial charge in [0.2, 0.25) is 0 Å². The Bertz CT molecular complexity index is 1280. The van der Waals surface area contributed by atoms with Gasteiger partial charge >= 0.3 is 11.9 Å². The number of hydrogen-bond donors (Lipinski definition) is 0. The number of benzene rings is 2. The molecule has 3 rings (SSSR count). The first-order valence-electron chi connectivity index (χ1n) is 9.64. The molecule has 0 N–H and O–H groups in total. The first-order chi connectivity index (χ1) is 15.3. The molecule has 1 amide bonds. The third kappa shape index (κ3) is 4.89. The zero-order valence-corrected chi connectivity index (χ0v) is 18.1. The second kappa shape index (κ2) is 9.96. The van der Waals surface area contributed by atoms with E-state index in [1.54, 1.807) is 32.0 Å². The summed E-state index contributed by atoms with van der Waals surface area (Å²) in [6.45, 7) is 3.53. The molecule has 11 heteroatoms. The Hall–Kier alpha value is -3.86. The Morgan fingerprint density at radius 1 is 1.09 bits per heavy atom. The van der Waals surface area contributed by atoms with Crippen molar-refractivity contribution < 1.29 is 28.8 Å². The SMILES string of the molecule is CCOC(=O)Cn1c(=NC(=O)c2ccccc2[N+](=O)[O-])sc2cc(C(=O)OCC)ccc21. The van der Waals surface area contributed by atoms with Gasteiger partial charge in [0, 0.05) is 6.07 Å². The summed E-state index contributed by atoms with van der Waals surface area (Å²) >= 11 is 1.06. The van der Waals surface area contributed by atoms with E-state index in [9.17, 15) is 24.5 Å². The summed E-state index contributed by atoms with van der Waals surface area (Å²) < 4.78 is 12.1. The maximum Gasteiger partial charge on any atom is 0.338 e. The van der Waals surface area contributed by atoms with Gasteiger partial charge in [0.15, 0.2) is 4.80 Å². The van der Waals surface area contributed by atoms with Crippen LogP contribution in [-0.2, 0) is 20.8 Å². The topological polar surface area (TPSA) is 130 Å². The molecule has 3 aromatic rings. The Morgan fingerprint density at radius 2 is 1.81 bits per heavy atom. The van der Waals surface area contributed by atoms with Crippen LogP contribution in [0.1, 0.15) is 34.6 Å². The quantitative estimate of drug-likeness (QED) is 0.303. The van der Waals surface area contributed by atoms with Crippen molar-refractivity contribution in [3.63, 3.8) is 0 Å². The molecule has 0 atom stereocenters. The number of ether oxygens (including phenoxy) is 2. The van der Waals surface area contributed by atoms with Gasteiger partial charge in [-0.25, -0.2) is 4.79 Å². The van der Waals surface area contributed by atoms with Crippen molar-refractivity contribution >= 4 is 45.1 Å². The molecular formula is C21H19N3O7S. The number of carbonyl (C=O) groups excluding carboxylic acids is 3. The Kier molecular flexibility index (Phi) is 7.11. The lowest BCUT2D eigenvalue weighted by Gasteiger charge is -2.06. The van der Waals surface area contributed by atoms with E-state index in [0.717, 1.165) is 11.3 Å². The number of carbonyl (C=O) groups is 3. The smallest absolute Gasteiger partial charge is 0.338 e. The van der Waals surface area contributed by atoms with Gasteiger partial charge in [-0.1, -0.05) is 23.5 Å². The van der Waals surface area contributed by atoms with Crippen LogP contribution in [0.3, 0.4) is 0 Å². The largest absolute Gasteiger partial charge is 0.465 e. The van der Waals surface area contributed by atoms with Crippen LogP contribution >= 0.6 is 11.3 Å². The van der Waals surface area contributed by atoms with Crippen LogP contribution in [0.25, 0.3) is 10.2 Å². The van der Waals surface area contributed by atoms with Crippen molar-refractivity contribution in [2.24, 2.45) is 4.99 Å². The zero-order valence-electron chi connectivity index (χ0n) is 17.3. The number of nitrogens with zero attached hydrogens (tertiary/aromatic N) is 3. The standard InChI is InChI=1S/C21H19N3O7S/c1-3-30-18(25)12-23-16-10-9-13(20(27)31-4-2)11-17(16)32-21(23)22-19(26)14-7-5-6-8-15(14)24(28)29/h5-11H,3-4,12H2,1-2H3. The van der Waals surface area contributed by atoms with Crippen LogP contribution in [0.5, 0.6) is 0 Å². The van der Waals surface area contributed by atoms with Crippen LogP contribution in [0.2, 0.25) is 0 Å². The Balaban J connectivity index is 2.15. The molecule has 0 saturated carbocycles. The number of nitro groups is 1. The summed E-state index contributed by atoms with van der Waals surface area (Å²) in [6, 6.07) is 10.2. The monoisotopic (exact) mass is 457 g/mol. The molecule has 1 heterocycles. The average Bonchev–Trinajstić information content (AvgIpc) is 3.10. The molecule has 0 spiro atoms. The maximum absolute atomic E-state index is 12.8. The molecule has 0 bridgehead atoms. The van der Waals surface area contributed by atoms with E-state index in [0.29, 0.717) is 15.8 Å². The van der Waals surface area contributed by atoms with Gasteiger partial charge in [-0.05, 0) is 38.1 Å². The predicted octanol–water partition coefficient (Wildman–Crippen LogP) is 3.09. The third-order valence-electron chi connectivity index (χ3n) is 4.31. The minimum absolute atomic E-state index is 0.136. The van der Waals surface area contributed by atoms with Crippen molar-refractivity contribution in [2.45, 2.75) is 20.4 Å². The summed E-state index contributed by atoms with van der Waals surface area (Å²) in [6.07, 6.45) is 0. The summed E-state index contributed by atoms with van der Waals surface area (Å²) in [4.78, 5) is 51.8. The molecule has 2 aromatic carbocycles. The summed E-state index contributed by atoms with van der Waals surface area (Å²) in [7, 11) is 0. The summed E-state index contributed by atoms with van der Waals surface area (Å²) in [5.41, 5.74) is 0.305. The van der Waals surface area contributed by atoms with Crippen LogP contribution in [-0.4, -0.2) is 40.5 Å². The normalized spacial score (nSPS) is 11.4. The molecule has 1 aromatic heterocycles. The lowest BCUT2D eigenvalue weighted by atomic mass is 10.2. The van der Waals surface area contributed by atoms with Crippen molar-refractivity contribution in [1.82, 2.24) is 4.57 Å². The Labute approximate surface area is 185 Å². The predicted molar refractivity (Wildman–Crippen MR) is 115 cm³/mol. The maximum atomic E-state index is 12.8. The first kappa shape index (κ1) is 22.8. The second-order valence-corrected chi connectivity index (χ2v) is 7.38. The fourth-order valence-electron chi connectivity index (χ4n) is 2.95. The van der Waals surface area contributed by atoms with Gasteiger partial charge < -0.3 is 14.0 Å². The van der Waals surface area contributed by atoms with E-state index in [-0.39, 0.29) is 35.8 Å². The van der Waals surface area contributed by atoms with Crippen LogP contribution in [0.15, 0.2) is 47.5 Å². The lowest BCUT2D eigenvalue weighted by molar-refractivity contribution is -0.385. The number of para-hydroxylation sites is 1. The highest BCUT2D eigenvalue weighted by Gasteiger charge is 2.20. The molecule has 166 valence electrons. The van der Waals surface area contributed by atoms with Crippen LogP contribution in [0.4, 0.5) is 5.69 Å².